The zero-order valence-electron chi connectivity index (χ0n) is 16.5. The van der Waals surface area contributed by atoms with E-state index in [1.807, 2.05) is 36.5 Å². The Bertz CT molecular complexity index is 1070. The first-order chi connectivity index (χ1) is 13.5. The van der Waals surface area contributed by atoms with Crippen LogP contribution in [0.4, 0.5) is 4.39 Å². The number of thiophene rings is 1. The van der Waals surface area contributed by atoms with Gasteiger partial charge in [-0.2, -0.15) is 0 Å². The van der Waals surface area contributed by atoms with Crippen LogP contribution in [0.1, 0.15) is 16.5 Å². The van der Waals surface area contributed by atoms with E-state index >= 15 is 0 Å². The minimum atomic E-state index is -4.16. The molecule has 29 heavy (non-hydrogen) atoms. The number of benzene rings is 1. The third kappa shape index (κ3) is 4.88. The second-order valence-electron chi connectivity index (χ2n) is 7.60. The normalized spacial score (nSPS) is 22.8. The molecule has 1 aromatic heterocycles. The molecule has 1 N–H and O–H groups in total. The summed E-state index contributed by atoms with van der Waals surface area (Å²) >= 11 is 1.58. The molecule has 10 heteroatoms. The molecular formula is C19H25FN2O4S3. The molecule has 160 valence electrons. The average Bonchev–Trinajstić information content (AvgIpc) is 3.25. The highest BCUT2D eigenvalue weighted by molar-refractivity contribution is 7.96. The van der Waals surface area contributed by atoms with Gasteiger partial charge in [-0.1, -0.05) is 12.1 Å². The van der Waals surface area contributed by atoms with Gasteiger partial charge in [-0.05, 0) is 50.2 Å². The summed E-state index contributed by atoms with van der Waals surface area (Å²) in [5.41, 5.74) is 0.598. The van der Waals surface area contributed by atoms with E-state index in [0.29, 0.717) is 12.1 Å². The SMILES string of the molecule is Cc1ccc(F)c(S(=O)(=O)[C@H]2CS(=O)(=O)C[C@@H]2NCC(c2cccs2)N(C)C)c1. The van der Waals surface area contributed by atoms with E-state index in [4.69, 9.17) is 0 Å². The van der Waals surface area contributed by atoms with Crippen LogP contribution >= 0.6 is 11.3 Å². The highest BCUT2D eigenvalue weighted by Crippen LogP contribution is 2.29. The van der Waals surface area contributed by atoms with Crippen molar-refractivity contribution in [1.82, 2.24) is 10.2 Å². The molecule has 1 aliphatic heterocycles. The van der Waals surface area contributed by atoms with Crippen LogP contribution < -0.4 is 5.32 Å². The first-order valence-electron chi connectivity index (χ1n) is 9.15. The maximum atomic E-state index is 14.3. The summed E-state index contributed by atoms with van der Waals surface area (Å²) in [7, 11) is -3.90. The molecule has 0 bridgehead atoms. The van der Waals surface area contributed by atoms with Gasteiger partial charge in [0.1, 0.15) is 10.7 Å². The van der Waals surface area contributed by atoms with Gasteiger partial charge in [-0.3, -0.25) is 0 Å². The Labute approximate surface area is 175 Å². The van der Waals surface area contributed by atoms with Crippen molar-refractivity contribution in [2.45, 2.75) is 29.2 Å². The summed E-state index contributed by atoms with van der Waals surface area (Å²) < 4.78 is 65.2. The summed E-state index contributed by atoms with van der Waals surface area (Å²) in [6.07, 6.45) is 0. The second kappa shape index (κ2) is 8.43. The molecule has 3 rings (SSSR count). The number of nitrogens with zero attached hydrogens (tertiary/aromatic N) is 1. The minimum absolute atomic E-state index is 0.0302. The lowest BCUT2D eigenvalue weighted by Gasteiger charge is -2.27. The average molecular weight is 461 g/mol. The van der Waals surface area contributed by atoms with Gasteiger partial charge in [0.15, 0.2) is 19.7 Å². The standard InChI is InChI=1S/C19H25FN2O4S3/c1-13-6-7-14(20)18(9-13)29(25,26)19-12-28(23,24)11-15(19)21-10-16(22(2)3)17-5-4-8-27-17/h4-9,15-16,19,21H,10-12H2,1-3H3/t15-,16?,19-/m0/s1. The van der Waals surface area contributed by atoms with Crippen molar-refractivity contribution in [1.29, 1.82) is 0 Å². The number of likely N-dealkylation sites (N-methyl/N-ethyl adjacent to an activating group) is 1. The number of rotatable bonds is 7. The van der Waals surface area contributed by atoms with Crippen LogP contribution in [0.2, 0.25) is 0 Å². The maximum Gasteiger partial charge on any atom is 0.186 e. The second-order valence-corrected chi connectivity index (χ2v) is 12.9. The largest absolute Gasteiger partial charge is 0.310 e. The number of hydrogen-bond acceptors (Lipinski definition) is 7. The Hall–Kier alpha value is -1.33. The Balaban J connectivity index is 1.88. The highest BCUT2D eigenvalue weighted by atomic mass is 32.2. The zero-order chi connectivity index (χ0) is 21.4. The third-order valence-corrected chi connectivity index (χ3v) is 10.3. The van der Waals surface area contributed by atoms with E-state index in [-0.39, 0.29) is 11.8 Å². The fourth-order valence-corrected chi connectivity index (χ4v) is 9.38. The van der Waals surface area contributed by atoms with Crippen LogP contribution in [0.3, 0.4) is 0 Å². The molecule has 6 nitrogen and oxygen atoms in total. The molecule has 1 fully saturated rings. The lowest BCUT2D eigenvalue weighted by molar-refractivity contribution is 0.285. The molecule has 1 aliphatic rings. The monoisotopic (exact) mass is 460 g/mol. The molecule has 1 saturated heterocycles. The van der Waals surface area contributed by atoms with E-state index in [2.05, 4.69) is 5.32 Å². The fraction of sp³-hybridized carbons (Fsp3) is 0.474. The van der Waals surface area contributed by atoms with Crippen LogP contribution in [-0.4, -0.2) is 65.2 Å². The van der Waals surface area contributed by atoms with Crippen molar-refractivity contribution >= 4 is 31.0 Å². The molecule has 0 radical (unpaired) electrons. The van der Waals surface area contributed by atoms with E-state index < -0.39 is 47.4 Å². The van der Waals surface area contributed by atoms with Gasteiger partial charge in [0, 0.05) is 17.5 Å². The summed E-state index contributed by atoms with van der Waals surface area (Å²) in [6.45, 7) is 2.05. The molecular weight excluding hydrogens is 435 g/mol. The van der Waals surface area contributed by atoms with Crippen LogP contribution in [0, 0.1) is 12.7 Å². The lowest BCUT2D eigenvalue weighted by Crippen LogP contribution is -2.46. The summed E-state index contributed by atoms with van der Waals surface area (Å²) in [4.78, 5) is 2.65. The third-order valence-electron chi connectivity index (χ3n) is 5.16. The van der Waals surface area contributed by atoms with Crippen LogP contribution in [0.15, 0.2) is 40.6 Å². The van der Waals surface area contributed by atoms with Gasteiger partial charge >= 0.3 is 0 Å². The Morgan fingerprint density at radius 2 is 2.00 bits per heavy atom. The molecule has 1 aromatic carbocycles. The van der Waals surface area contributed by atoms with Gasteiger partial charge in [-0.25, -0.2) is 21.2 Å². The molecule has 3 atom stereocenters. The minimum Gasteiger partial charge on any atom is -0.310 e. The first kappa shape index (κ1) is 22.4. The van der Waals surface area contributed by atoms with E-state index in [0.717, 1.165) is 10.9 Å². The Morgan fingerprint density at radius 1 is 1.28 bits per heavy atom. The van der Waals surface area contributed by atoms with Crippen molar-refractivity contribution in [3.63, 3.8) is 0 Å². The predicted octanol–water partition coefficient (Wildman–Crippen LogP) is 2.03. The quantitative estimate of drug-likeness (QED) is 0.681. The van der Waals surface area contributed by atoms with Crippen LogP contribution in [0.5, 0.6) is 0 Å². The zero-order valence-corrected chi connectivity index (χ0v) is 18.9. The van der Waals surface area contributed by atoms with Crippen molar-refractivity contribution in [2.75, 3.05) is 32.1 Å². The lowest BCUT2D eigenvalue weighted by atomic mass is 10.2. The summed E-state index contributed by atoms with van der Waals surface area (Å²) in [5.74, 6) is -1.65. The highest BCUT2D eigenvalue weighted by Gasteiger charge is 2.46. The van der Waals surface area contributed by atoms with Crippen molar-refractivity contribution in [3.05, 3.63) is 52.0 Å². The van der Waals surface area contributed by atoms with E-state index in [1.165, 1.54) is 12.1 Å². The van der Waals surface area contributed by atoms with Gasteiger partial charge in [0.2, 0.25) is 0 Å². The molecule has 0 aliphatic carbocycles. The summed E-state index contributed by atoms with van der Waals surface area (Å²) in [6, 6.07) is 6.94. The van der Waals surface area contributed by atoms with Gasteiger partial charge in [-0.15, -0.1) is 11.3 Å². The van der Waals surface area contributed by atoms with Crippen LogP contribution in [-0.2, 0) is 19.7 Å². The van der Waals surface area contributed by atoms with Gasteiger partial charge in [0.25, 0.3) is 0 Å². The van der Waals surface area contributed by atoms with Gasteiger partial charge < -0.3 is 10.2 Å². The molecule has 0 spiro atoms. The number of halogens is 1. The molecule has 1 unspecified atom stereocenters. The molecule has 0 amide bonds. The van der Waals surface area contributed by atoms with Crippen molar-refractivity contribution in [2.24, 2.45) is 0 Å². The van der Waals surface area contributed by atoms with Gasteiger partial charge in [0.05, 0.1) is 22.8 Å². The number of sulfone groups is 2. The smallest absolute Gasteiger partial charge is 0.186 e. The van der Waals surface area contributed by atoms with Crippen molar-refractivity contribution in [3.8, 4) is 0 Å². The summed E-state index contributed by atoms with van der Waals surface area (Å²) in [5, 5.41) is 3.88. The molecule has 0 saturated carbocycles. The Kier molecular flexibility index (Phi) is 6.50. The number of aryl methyl sites for hydroxylation is 1. The van der Waals surface area contributed by atoms with Crippen LogP contribution in [0.25, 0.3) is 0 Å². The molecule has 2 aromatic rings. The van der Waals surface area contributed by atoms with Crippen molar-refractivity contribution < 1.29 is 21.2 Å². The fourth-order valence-electron chi connectivity index (χ4n) is 3.58. The number of nitrogens with one attached hydrogen (secondary N) is 1. The first-order valence-corrected chi connectivity index (χ1v) is 13.4. The van der Waals surface area contributed by atoms with E-state index in [9.17, 15) is 21.2 Å². The topological polar surface area (TPSA) is 83.5 Å². The Morgan fingerprint density at radius 3 is 2.62 bits per heavy atom. The van der Waals surface area contributed by atoms with E-state index in [1.54, 1.807) is 18.3 Å². The maximum absolute atomic E-state index is 14.3. The molecule has 2 heterocycles. The number of hydrogen-bond donors (Lipinski definition) is 1. The predicted molar refractivity (Wildman–Crippen MR) is 113 cm³/mol.